The quantitative estimate of drug-likeness (QED) is 0.411. The van der Waals surface area contributed by atoms with Gasteiger partial charge in [-0.3, -0.25) is 4.79 Å². The molecule has 0 saturated heterocycles. The number of benzene rings is 3. The number of carbonyl (C=O) groups is 1. The first-order chi connectivity index (χ1) is 14.7. The van der Waals surface area contributed by atoms with Crippen LogP contribution in [0.5, 0.6) is 11.5 Å². The minimum absolute atomic E-state index is 0.0844. The molecule has 0 atom stereocenters. The number of hydrogen-bond acceptors (Lipinski definition) is 3. The van der Waals surface area contributed by atoms with Crippen molar-refractivity contribution in [3.05, 3.63) is 99.3 Å². The van der Waals surface area contributed by atoms with Crippen molar-refractivity contribution in [3.8, 4) is 11.5 Å². The lowest BCUT2D eigenvalue weighted by atomic mass is 9.86. The Bertz CT molecular complexity index is 1150. The van der Waals surface area contributed by atoms with Gasteiger partial charge in [-0.05, 0) is 58.9 Å². The topological polar surface area (TPSA) is 35.5 Å². The summed E-state index contributed by atoms with van der Waals surface area (Å²) in [6.45, 7) is 8.84. The van der Waals surface area contributed by atoms with E-state index in [2.05, 4.69) is 32.9 Å². The second-order valence-electron chi connectivity index (χ2n) is 8.84. The molecule has 1 aliphatic heterocycles. The van der Waals surface area contributed by atoms with Gasteiger partial charge in [0.25, 0.3) is 0 Å². The van der Waals surface area contributed by atoms with Crippen LogP contribution in [-0.4, -0.2) is 5.78 Å². The van der Waals surface area contributed by atoms with Crippen molar-refractivity contribution in [2.75, 3.05) is 0 Å². The fourth-order valence-corrected chi connectivity index (χ4v) is 3.66. The highest BCUT2D eigenvalue weighted by molar-refractivity contribution is 6.30. The third kappa shape index (κ3) is 4.67. The smallest absolute Gasteiger partial charge is 0.232 e. The van der Waals surface area contributed by atoms with Gasteiger partial charge in [-0.1, -0.05) is 68.8 Å². The molecular weight excluding hydrogens is 408 g/mol. The Labute approximate surface area is 188 Å². The molecule has 0 radical (unpaired) electrons. The first-order valence-electron chi connectivity index (χ1n) is 10.3. The molecule has 0 fully saturated rings. The van der Waals surface area contributed by atoms with Gasteiger partial charge in [0.05, 0.1) is 5.56 Å². The summed E-state index contributed by atoms with van der Waals surface area (Å²) in [7, 11) is 0. The van der Waals surface area contributed by atoms with E-state index >= 15 is 0 Å². The van der Waals surface area contributed by atoms with Gasteiger partial charge < -0.3 is 9.47 Å². The van der Waals surface area contributed by atoms with Crippen LogP contribution < -0.4 is 9.47 Å². The molecular formula is C27H25ClO3. The van der Waals surface area contributed by atoms with E-state index in [9.17, 15) is 4.79 Å². The van der Waals surface area contributed by atoms with Crippen LogP contribution in [0, 0.1) is 6.92 Å². The zero-order valence-electron chi connectivity index (χ0n) is 18.2. The Morgan fingerprint density at radius 1 is 1.00 bits per heavy atom. The first-order valence-corrected chi connectivity index (χ1v) is 10.7. The molecule has 158 valence electrons. The van der Waals surface area contributed by atoms with E-state index in [4.69, 9.17) is 21.1 Å². The molecule has 3 aromatic rings. The summed E-state index contributed by atoms with van der Waals surface area (Å²) in [4.78, 5) is 12.9. The number of ether oxygens (including phenoxy) is 2. The van der Waals surface area contributed by atoms with Crippen molar-refractivity contribution in [2.24, 2.45) is 0 Å². The number of carbonyl (C=O) groups excluding carboxylic acids is 1. The number of allylic oxidation sites excluding steroid dienone is 1. The number of ketones is 1. The molecule has 1 aliphatic rings. The van der Waals surface area contributed by atoms with Gasteiger partial charge in [-0.2, -0.15) is 0 Å². The Hall–Kier alpha value is -3.04. The summed E-state index contributed by atoms with van der Waals surface area (Å²) in [6.07, 6.45) is 1.79. The van der Waals surface area contributed by atoms with Crippen molar-refractivity contribution in [3.63, 3.8) is 0 Å². The molecule has 3 aromatic carbocycles. The lowest BCUT2D eigenvalue weighted by Crippen LogP contribution is -2.10. The maximum Gasteiger partial charge on any atom is 0.232 e. The number of fused-ring (bicyclic) bond motifs is 1. The molecule has 0 bridgehead atoms. The fraction of sp³-hybridized carbons (Fsp3) is 0.222. The zero-order valence-corrected chi connectivity index (χ0v) is 18.9. The normalized spacial score (nSPS) is 14.5. The predicted octanol–water partition coefficient (Wildman–Crippen LogP) is 7.14. The second-order valence-corrected chi connectivity index (χ2v) is 9.28. The molecule has 0 aliphatic carbocycles. The Balaban J connectivity index is 1.53. The van der Waals surface area contributed by atoms with Gasteiger partial charge in [0.2, 0.25) is 5.78 Å². The van der Waals surface area contributed by atoms with E-state index in [-0.39, 0.29) is 11.2 Å². The number of halogens is 1. The van der Waals surface area contributed by atoms with Crippen molar-refractivity contribution in [2.45, 2.75) is 39.7 Å². The van der Waals surface area contributed by atoms with Gasteiger partial charge in [0, 0.05) is 11.1 Å². The first kappa shape index (κ1) is 21.2. The Morgan fingerprint density at radius 3 is 2.32 bits per heavy atom. The maximum absolute atomic E-state index is 12.9. The van der Waals surface area contributed by atoms with Crippen molar-refractivity contribution in [1.29, 1.82) is 0 Å². The van der Waals surface area contributed by atoms with Crippen LogP contribution in [0.2, 0.25) is 5.02 Å². The number of aryl methyl sites for hydroxylation is 1. The van der Waals surface area contributed by atoms with Crippen LogP contribution in [0.15, 0.2) is 66.4 Å². The highest BCUT2D eigenvalue weighted by Gasteiger charge is 2.30. The molecule has 4 rings (SSSR count). The van der Waals surface area contributed by atoms with E-state index in [1.807, 2.05) is 49.4 Å². The van der Waals surface area contributed by atoms with Gasteiger partial charge in [-0.15, -0.1) is 0 Å². The monoisotopic (exact) mass is 432 g/mol. The lowest BCUT2D eigenvalue weighted by molar-refractivity contribution is 0.101. The van der Waals surface area contributed by atoms with Gasteiger partial charge in [0.15, 0.2) is 5.76 Å². The summed E-state index contributed by atoms with van der Waals surface area (Å²) in [5, 5.41) is 0.691. The van der Waals surface area contributed by atoms with E-state index in [1.165, 1.54) is 5.56 Å². The average Bonchev–Trinajstić information content (AvgIpc) is 3.03. The predicted molar refractivity (Wildman–Crippen MR) is 125 cm³/mol. The van der Waals surface area contributed by atoms with Gasteiger partial charge in [0.1, 0.15) is 18.1 Å². The molecule has 0 unspecified atom stereocenters. The summed E-state index contributed by atoms with van der Waals surface area (Å²) in [5.41, 5.74) is 4.70. The third-order valence-corrected chi connectivity index (χ3v) is 5.59. The summed E-state index contributed by atoms with van der Waals surface area (Å²) in [5.74, 6) is 1.43. The Kier molecular flexibility index (Phi) is 5.63. The second kappa shape index (κ2) is 8.24. The molecule has 1 heterocycles. The molecule has 0 amide bonds. The average molecular weight is 433 g/mol. The van der Waals surface area contributed by atoms with E-state index in [0.29, 0.717) is 34.5 Å². The van der Waals surface area contributed by atoms with Gasteiger partial charge >= 0.3 is 0 Å². The minimum atomic E-state index is -0.100. The molecule has 0 spiro atoms. The minimum Gasteiger partial charge on any atom is -0.489 e. The van der Waals surface area contributed by atoms with Crippen molar-refractivity contribution in [1.82, 2.24) is 0 Å². The Morgan fingerprint density at radius 2 is 1.68 bits per heavy atom. The zero-order chi connectivity index (χ0) is 22.2. The van der Waals surface area contributed by atoms with E-state index < -0.39 is 0 Å². The summed E-state index contributed by atoms with van der Waals surface area (Å²) >= 11 is 5.93. The van der Waals surface area contributed by atoms with Crippen LogP contribution in [-0.2, 0) is 12.0 Å². The van der Waals surface area contributed by atoms with Crippen LogP contribution in [0.25, 0.3) is 6.08 Å². The molecule has 31 heavy (non-hydrogen) atoms. The SMILES string of the molecule is Cc1cc(OCc2ccc(Cl)cc2)cc2c1C(=O)/C(=C/c1ccc(C(C)(C)C)cc1)O2. The largest absolute Gasteiger partial charge is 0.489 e. The highest BCUT2D eigenvalue weighted by Crippen LogP contribution is 2.38. The standard InChI is InChI=1S/C27H25ClO3/c1-17-13-22(30-16-19-7-11-21(28)12-8-19)15-23-25(17)26(29)24(31-23)14-18-5-9-20(10-6-18)27(2,3)4/h5-15H,16H2,1-4H3/b24-14-. The number of hydrogen-bond donors (Lipinski definition) is 0. The molecule has 3 nitrogen and oxygen atoms in total. The lowest BCUT2D eigenvalue weighted by Gasteiger charge is -2.18. The molecule has 0 N–H and O–H groups in total. The van der Waals surface area contributed by atoms with Gasteiger partial charge in [-0.25, -0.2) is 0 Å². The van der Waals surface area contributed by atoms with Crippen molar-refractivity contribution >= 4 is 23.5 Å². The third-order valence-electron chi connectivity index (χ3n) is 5.34. The van der Waals surface area contributed by atoms with E-state index in [1.54, 1.807) is 12.1 Å². The van der Waals surface area contributed by atoms with E-state index in [0.717, 1.165) is 16.7 Å². The van der Waals surface area contributed by atoms with Crippen LogP contribution in [0.4, 0.5) is 0 Å². The molecule has 0 saturated carbocycles. The molecule has 4 heteroatoms. The van der Waals surface area contributed by atoms with Crippen molar-refractivity contribution < 1.29 is 14.3 Å². The maximum atomic E-state index is 12.9. The summed E-state index contributed by atoms with van der Waals surface area (Å²) < 4.78 is 11.8. The molecule has 0 aromatic heterocycles. The number of Topliss-reactive ketones (excluding diaryl/α,β-unsaturated/α-hetero) is 1. The van der Waals surface area contributed by atoms with Crippen LogP contribution >= 0.6 is 11.6 Å². The van der Waals surface area contributed by atoms with Crippen LogP contribution in [0.3, 0.4) is 0 Å². The fourth-order valence-electron chi connectivity index (χ4n) is 3.54. The summed E-state index contributed by atoms with van der Waals surface area (Å²) in [6, 6.07) is 19.4. The highest BCUT2D eigenvalue weighted by atomic mass is 35.5. The number of rotatable bonds is 4. The van der Waals surface area contributed by atoms with Crippen LogP contribution in [0.1, 0.15) is 53.4 Å².